The van der Waals surface area contributed by atoms with Gasteiger partial charge in [-0.05, 0) is 95.1 Å². The molecule has 69 heavy (non-hydrogen) atoms. The first-order chi connectivity index (χ1) is 34.2. The molecule has 0 N–H and O–H groups in total. The lowest BCUT2D eigenvalue weighted by atomic mass is 10.0. The molecule has 6 heteroatoms. The first-order valence-corrected chi connectivity index (χ1v) is 23.3. The first-order valence-electron chi connectivity index (χ1n) is 23.3. The van der Waals surface area contributed by atoms with Crippen LogP contribution in [0.1, 0.15) is 0 Å². The molecule has 0 aliphatic heterocycles. The van der Waals surface area contributed by atoms with Crippen LogP contribution in [0.3, 0.4) is 0 Å². The van der Waals surface area contributed by atoms with Crippen molar-refractivity contribution in [3.05, 3.63) is 237 Å². The van der Waals surface area contributed by atoms with Crippen LogP contribution in [0.4, 0.5) is 0 Å². The minimum absolute atomic E-state index is 0.621. The van der Waals surface area contributed by atoms with Gasteiger partial charge >= 0.3 is 0 Å². The number of hydrogen-bond donors (Lipinski definition) is 0. The van der Waals surface area contributed by atoms with Crippen molar-refractivity contribution in [1.29, 1.82) is 0 Å². The number of hydrogen-bond acceptors (Lipinski definition) is 4. The lowest BCUT2D eigenvalue weighted by Crippen LogP contribution is -2.01. The Labute approximate surface area is 396 Å². The summed E-state index contributed by atoms with van der Waals surface area (Å²) in [5, 5.41) is 7.08. The maximum absolute atomic E-state index is 6.12. The second kappa shape index (κ2) is 15.6. The SMILES string of the molecule is c1ccc(-c2nc(-c3ccccc3)nc(-c3cccc(-n4c5ccccc5c5ccc(-c6ccc7c(c6)c6ccccc6n7-c6ccc(-c7ccc8oc9ccccc9c8c7)cc6)cc54)c3)n2)cc1. The number of fused-ring (bicyclic) bond motifs is 9. The van der Waals surface area contributed by atoms with E-state index < -0.39 is 0 Å². The molecule has 0 aliphatic rings. The van der Waals surface area contributed by atoms with Crippen molar-refractivity contribution in [2.75, 3.05) is 0 Å². The lowest BCUT2D eigenvalue weighted by Gasteiger charge is -2.12. The Bertz CT molecular complexity index is 4240. The number of benzene rings is 10. The molecular formula is C63H39N5O. The van der Waals surface area contributed by atoms with Crippen molar-refractivity contribution in [2.24, 2.45) is 0 Å². The van der Waals surface area contributed by atoms with Crippen molar-refractivity contribution in [1.82, 2.24) is 24.1 Å². The van der Waals surface area contributed by atoms with Gasteiger partial charge in [-0.1, -0.05) is 164 Å². The quantitative estimate of drug-likeness (QED) is 0.160. The molecule has 4 heterocycles. The van der Waals surface area contributed by atoms with Gasteiger partial charge < -0.3 is 13.6 Å². The second-order valence-corrected chi connectivity index (χ2v) is 17.6. The highest BCUT2D eigenvalue weighted by Gasteiger charge is 2.19. The van der Waals surface area contributed by atoms with Crippen LogP contribution < -0.4 is 0 Å². The molecule has 0 fully saturated rings. The van der Waals surface area contributed by atoms with Gasteiger partial charge in [0.2, 0.25) is 0 Å². The number of aromatic nitrogens is 5. The van der Waals surface area contributed by atoms with Crippen molar-refractivity contribution in [3.63, 3.8) is 0 Å². The third-order valence-electron chi connectivity index (χ3n) is 13.6. The molecule has 0 radical (unpaired) electrons. The molecule has 0 saturated carbocycles. The van der Waals surface area contributed by atoms with Gasteiger partial charge in [0.25, 0.3) is 0 Å². The molecule has 0 saturated heterocycles. The van der Waals surface area contributed by atoms with Gasteiger partial charge in [0, 0.05) is 60.4 Å². The molecule has 14 rings (SSSR count). The largest absolute Gasteiger partial charge is 0.456 e. The highest BCUT2D eigenvalue weighted by Crippen LogP contribution is 2.40. The summed E-state index contributed by atoms with van der Waals surface area (Å²) in [7, 11) is 0. The molecule has 6 nitrogen and oxygen atoms in total. The molecule has 0 amide bonds. The van der Waals surface area contributed by atoms with E-state index >= 15 is 0 Å². The molecular weight excluding hydrogens is 843 g/mol. The first kappa shape index (κ1) is 38.8. The highest BCUT2D eigenvalue weighted by molar-refractivity contribution is 6.13. The number of para-hydroxylation sites is 3. The van der Waals surface area contributed by atoms with Crippen LogP contribution in [0.25, 0.3) is 133 Å². The Morgan fingerprint density at radius 2 is 0.725 bits per heavy atom. The number of furan rings is 1. The summed E-state index contributed by atoms with van der Waals surface area (Å²) in [5.41, 5.74) is 16.0. The fourth-order valence-electron chi connectivity index (χ4n) is 10.3. The average molecular weight is 882 g/mol. The Morgan fingerprint density at radius 3 is 1.45 bits per heavy atom. The molecule has 0 atom stereocenters. The molecule has 0 aliphatic carbocycles. The van der Waals surface area contributed by atoms with Crippen LogP contribution in [0.2, 0.25) is 0 Å². The molecule has 322 valence electrons. The van der Waals surface area contributed by atoms with E-state index in [4.69, 9.17) is 19.4 Å². The van der Waals surface area contributed by atoms with Crippen LogP contribution in [0.15, 0.2) is 241 Å². The minimum atomic E-state index is 0.621. The van der Waals surface area contributed by atoms with Gasteiger partial charge in [-0.2, -0.15) is 0 Å². The molecule has 4 aromatic heterocycles. The van der Waals surface area contributed by atoms with E-state index in [-0.39, 0.29) is 0 Å². The maximum atomic E-state index is 6.12. The normalized spacial score (nSPS) is 11.8. The van der Waals surface area contributed by atoms with E-state index in [1.54, 1.807) is 0 Å². The van der Waals surface area contributed by atoms with E-state index in [0.29, 0.717) is 17.5 Å². The maximum Gasteiger partial charge on any atom is 0.164 e. The van der Waals surface area contributed by atoms with Crippen LogP contribution in [0, 0.1) is 0 Å². The van der Waals surface area contributed by atoms with E-state index in [9.17, 15) is 0 Å². The van der Waals surface area contributed by atoms with Crippen LogP contribution in [0.5, 0.6) is 0 Å². The summed E-state index contributed by atoms with van der Waals surface area (Å²) < 4.78 is 10.9. The van der Waals surface area contributed by atoms with E-state index in [2.05, 4.69) is 173 Å². The highest BCUT2D eigenvalue weighted by atomic mass is 16.3. The molecule has 14 aromatic rings. The fourth-order valence-corrected chi connectivity index (χ4v) is 10.3. The monoisotopic (exact) mass is 881 g/mol. The predicted octanol–water partition coefficient (Wildman–Crippen LogP) is 16.3. The standard InChI is InChI=1S/C63H39N5O/c1-3-14-41(15-4-1)61-64-62(42-16-5-2-6-17-42)66-63(65-61)46-18-13-19-48(36-46)68-55-23-10-7-20-49(55)51-33-28-45(39-58(51)68)44-29-34-57-53(37-44)50-21-8-11-24-56(50)67(57)47-31-26-40(27-32-47)43-30-35-60-54(38-43)52-22-9-12-25-59(52)69-60/h1-39H. The zero-order chi connectivity index (χ0) is 45.4. The Kier molecular flexibility index (Phi) is 8.79. The van der Waals surface area contributed by atoms with Gasteiger partial charge in [0.05, 0.1) is 22.1 Å². The topological polar surface area (TPSA) is 61.7 Å². The van der Waals surface area contributed by atoms with E-state index in [1.165, 1.54) is 27.1 Å². The van der Waals surface area contributed by atoms with Gasteiger partial charge in [-0.15, -0.1) is 0 Å². The third-order valence-corrected chi connectivity index (χ3v) is 13.6. The average Bonchev–Trinajstić information content (AvgIpc) is 4.08. The van der Waals surface area contributed by atoms with Crippen LogP contribution in [-0.2, 0) is 0 Å². The second-order valence-electron chi connectivity index (χ2n) is 17.6. The van der Waals surface area contributed by atoms with Crippen LogP contribution >= 0.6 is 0 Å². The van der Waals surface area contributed by atoms with Gasteiger partial charge in [-0.3, -0.25) is 0 Å². The Morgan fingerprint density at radius 1 is 0.246 bits per heavy atom. The van der Waals surface area contributed by atoms with Gasteiger partial charge in [0.1, 0.15) is 11.2 Å². The predicted molar refractivity (Wildman–Crippen MR) is 283 cm³/mol. The molecule has 10 aromatic carbocycles. The third kappa shape index (κ3) is 6.45. The Balaban J connectivity index is 0.863. The van der Waals surface area contributed by atoms with Gasteiger partial charge in [0.15, 0.2) is 17.5 Å². The van der Waals surface area contributed by atoms with E-state index in [1.807, 2.05) is 72.8 Å². The summed E-state index contributed by atoms with van der Waals surface area (Å²) in [4.78, 5) is 15.1. The summed E-state index contributed by atoms with van der Waals surface area (Å²) in [6.07, 6.45) is 0. The molecule has 0 spiro atoms. The zero-order valence-electron chi connectivity index (χ0n) is 37.2. The molecule has 0 bridgehead atoms. The summed E-state index contributed by atoms with van der Waals surface area (Å²) in [6, 6.07) is 83.6. The van der Waals surface area contributed by atoms with E-state index in [0.717, 1.165) is 88.8 Å². The van der Waals surface area contributed by atoms with Gasteiger partial charge in [-0.25, -0.2) is 15.0 Å². The minimum Gasteiger partial charge on any atom is -0.456 e. The van der Waals surface area contributed by atoms with Crippen molar-refractivity contribution in [2.45, 2.75) is 0 Å². The smallest absolute Gasteiger partial charge is 0.164 e. The van der Waals surface area contributed by atoms with Crippen molar-refractivity contribution >= 4 is 65.6 Å². The summed E-state index contributed by atoms with van der Waals surface area (Å²) in [6.45, 7) is 0. The van der Waals surface area contributed by atoms with Crippen molar-refractivity contribution in [3.8, 4) is 67.8 Å². The number of nitrogens with zero attached hydrogens (tertiary/aromatic N) is 5. The summed E-state index contributed by atoms with van der Waals surface area (Å²) >= 11 is 0. The lowest BCUT2D eigenvalue weighted by molar-refractivity contribution is 0.669. The number of rotatable bonds is 7. The zero-order valence-corrected chi connectivity index (χ0v) is 37.2. The summed E-state index contributed by atoms with van der Waals surface area (Å²) in [5.74, 6) is 1.90. The van der Waals surface area contributed by atoms with Crippen LogP contribution in [-0.4, -0.2) is 24.1 Å². The molecule has 0 unspecified atom stereocenters. The van der Waals surface area contributed by atoms with Crippen molar-refractivity contribution < 1.29 is 4.42 Å². The Hall–Kier alpha value is -9.39. The fraction of sp³-hybridized carbons (Fsp3) is 0.